The number of nitrogens with zero attached hydrogens (tertiary/aromatic N) is 1. The minimum Gasteiger partial charge on any atom is -0.294 e. The van der Waals surface area contributed by atoms with Crippen molar-refractivity contribution in [2.75, 3.05) is 6.54 Å². The van der Waals surface area contributed by atoms with Crippen LogP contribution < -0.4 is 0 Å². The minimum atomic E-state index is 0.728. The van der Waals surface area contributed by atoms with E-state index >= 15 is 0 Å². The molecule has 0 aromatic heterocycles. The molecule has 19 heavy (non-hydrogen) atoms. The highest BCUT2D eigenvalue weighted by Gasteiger charge is 2.26. The first-order valence-electron chi connectivity index (χ1n) is 6.92. The Kier molecular flexibility index (Phi) is 2.86. The van der Waals surface area contributed by atoms with Crippen LogP contribution in [0.5, 0.6) is 0 Å². The summed E-state index contributed by atoms with van der Waals surface area (Å²) in [5, 5.41) is 0.728. The van der Waals surface area contributed by atoms with E-state index in [0.717, 1.165) is 18.3 Å². The molecule has 1 unspecified atom stereocenters. The molecule has 4 rings (SSSR count). The van der Waals surface area contributed by atoms with Crippen LogP contribution in [0, 0.1) is 0 Å². The molecule has 0 spiro atoms. The molecular formula is C17H17NS. The quantitative estimate of drug-likeness (QED) is 0.816. The number of benzene rings is 2. The van der Waals surface area contributed by atoms with Crippen LogP contribution in [0.3, 0.4) is 0 Å². The molecule has 0 bridgehead atoms. The van der Waals surface area contributed by atoms with Gasteiger partial charge in [0.05, 0.1) is 0 Å². The molecule has 1 nitrogen and oxygen atoms in total. The summed E-state index contributed by atoms with van der Waals surface area (Å²) in [6, 6.07) is 17.7. The van der Waals surface area contributed by atoms with Crippen LogP contribution in [0.2, 0.25) is 0 Å². The fraction of sp³-hybridized carbons (Fsp3) is 0.294. The zero-order valence-electron chi connectivity index (χ0n) is 10.9. The third kappa shape index (κ3) is 2.19. The second kappa shape index (κ2) is 4.69. The zero-order chi connectivity index (χ0) is 12.7. The maximum absolute atomic E-state index is 2.59. The molecule has 2 heterocycles. The molecule has 0 radical (unpaired) electrons. The fourth-order valence-electron chi connectivity index (χ4n) is 3.18. The lowest BCUT2D eigenvalue weighted by Crippen LogP contribution is -2.26. The summed E-state index contributed by atoms with van der Waals surface area (Å²) in [6.07, 6.45) is 1.23. The van der Waals surface area contributed by atoms with Crippen molar-refractivity contribution in [1.82, 2.24) is 4.90 Å². The van der Waals surface area contributed by atoms with Crippen molar-refractivity contribution in [1.29, 1.82) is 0 Å². The molecule has 2 aliphatic rings. The Labute approximate surface area is 118 Å². The summed E-state index contributed by atoms with van der Waals surface area (Å²) in [5.74, 6) is 0. The first kappa shape index (κ1) is 11.6. The van der Waals surface area contributed by atoms with E-state index in [1.807, 2.05) is 0 Å². The summed E-state index contributed by atoms with van der Waals surface area (Å²) >= 11 is 2.06. The SMILES string of the molecule is c1ccc2c(c1)CN(CC1Cc3ccccc3S1)C2. The van der Waals surface area contributed by atoms with E-state index in [-0.39, 0.29) is 0 Å². The highest BCUT2D eigenvalue weighted by molar-refractivity contribution is 8.00. The number of fused-ring (bicyclic) bond motifs is 2. The van der Waals surface area contributed by atoms with Crippen molar-refractivity contribution in [2.45, 2.75) is 29.7 Å². The Morgan fingerprint density at radius 2 is 1.53 bits per heavy atom. The van der Waals surface area contributed by atoms with Crippen molar-refractivity contribution in [2.24, 2.45) is 0 Å². The Balaban J connectivity index is 1.43. The van der Waals surface area contributed by atoms with E-state index in [0.29, 0.717) is 0 Å². The lowest BCUT2D eigenvalue weighted by atomic mass is 10.1. The van der Waals surface area contributed by atoms with Crippen LogP contribution in [0.4, 0.5) is 0 Å². The summed E-state index contributed by atoms with van der Waals surface area (Å²) in [5.41, 5.74) is 4.57. The van der Waals surface area contributed by atoms with Crippen molar-refractivity contribution in [3.8, 4) is 0 Å². The van der Waals surface area contributed by atoms with Gasteiger partial charge >= 0.3 is 0 Å². The van der Waals surface area contributed by atoms with Crippen LogP contribution in [0.1, 0.15) is 16.7 Å². The van der Waals surface area contributed by atoms with Gasteiger partial charge in [-0.05, 0) is 29.2 Å². The smallest absolute Gasteiger partial charge is 0.0263 e. The summed E-state index contributed by atoms with van der Waals surface area (Å²) in [7, 11) is 0. The van der Waals surface area contributed by atoms with Gasteiger partial charge in [0, 0.05) is 29.8 Å². The normalized spacial score (nSPS) is 21.4. The van der Waals surface area contributed by atoms with Gasteiger partial charge in [-0.25, -0.2) is 0 Å². The lowest BCUT2D eigenvalue weighted by molar-refractivity contribution is 0.285. The standard InChI is InChI=1S/C17H17NS/c1-2-7-15-11-18(10-14(15)6-1)12-16-9-13-5-3-4-8-17(13)19-16/h1-8,16H,9-12H2. The third-order valence-corrected chi connectivity index (χ3v) is 5.38. The largest absolute Gasteiger partial charge is 0.294 e. The second-order valence-electron chi connectivity index (χ2n) is 5.49. The number of thioether (sulfide) groups is 1. The minimum absolute atomic E-state index is 0.728. The molecule has 2 heteroatoms. The van der Waals surface area contributed by atoms with Crippen LogP contribution >= 0.6 is 11.8 Å². The molecule has 2 aliphatic heterocycles. The van der Waals surface area contributed by atoms with Crippen molar-refractivity contribution < 1.29 is 0 Å². The average Bonchev–Trinajstić information content (AvgIpc) is 3.00. The van der Waals surface area contributed by atoms with Crippen molar-refractivity contribution in [3.63, 3.8) is 0 Å². The van der Waals surface area contributed by atoms with Crippen molar-refractivity contribution in [3.05, 3.63) is 65.2 Å². The van der Waals surface area contributed by atoms with Crippen molar-refractivity contribution >= 4 is 11.8 Å². The third-order valence-electron chi connectivity index (χ3n) is 4.08. The van der Waals surface area contributed by atoms with Gasteiger partial charge in [0.15, 0.2) is 0 Å². The van der Waals surface area contributed by atoms with Gasteiger partial charge in [-0.1, -0.05) is 42.5 Å². The van der Waals surface area contributed by atoms with Gasteiger partial charge in [-0.15, -0.1) is 11.8 Å². The summed E-state index contributed by atoms with van der Waals surface area (Å²) < 4.78 is 0. The van der Waals surface area contributed by atoms with Gasteiger partial charge in [0.1, 0.15) is 0 Å². The predicted molar refractivity (Wildman–Crippen MR) is 80.3 cm³/mol. The van der Waals surface area contributed by atoms with Gasteiger partial charge in [0.25, 0.3) is 0 Å². The van der Waals surface area contributed by atoms with Crippen LogP contribution in [-0.2, 0) is 19.5 Å². The van der Waals surface area contributed by atoms with Crippen LogP contribution in [-0.4, -0.2) is 16.7 Å². The molecule has 96 valence electrons. The first-order chi connectivity index (χ1) is 9.38. The van der Waals surface area contributed by atoms with Crippen LogP contribution in [0.15, 0.2) is 53.4 Å². The lowest BCUT2D eigenvalue weighted by Gasteiger charge is -2.18. The Bertz CT molecular complexity index is 504. The molecule has 0 saturated heterocycles. The Morgan fingerprint density at radius 3 is 2.21 bits per heavy atom. The predicted octanol–water partition coefficient (Wildman–Crippen LogP) is 3.72. The molecule has 0 fully saturated rings. The monoisotopic (exact) mass is 267 g/mol. The Hall–Kier alpha value is -1.25. The van der Waals surface area contributed by atoms with E-state index in [1.165, 1.54) is 34.6 Å². The molecule has 2 aromatic carbocycles. The van der Waals surface area contributed by atoms with Gasteiger partial charge < -0.3 is 0 Å². The molecule has 0 saturated carbocycles. The van der Waals surface area contributed by atoms with Gasteiger partial charge in [0.2, 0.25) is 0 Å². The number of hydrogen-bond acceptors (Lipinski definition) is 2. The first-order valence-corrected chi connectivity index (χ1v) is 7.80. The number of hydrogen-bond donors (Lipinski definition) is 0. The fourth-order valence-corrected chi connectivity index (χ4v) is 4.54. The average molecular weight is 267 g/mol. The molecular weight excluding hydrogens is 250 g/mol. The van der Waals surface area contributed by atoms with Gasteiger partial charge in [-0.3, -0.25) is 4.90 Å². The van der Waals surface area contributed by atoms with Crippen LogP contribution in [0.25, 0.3) is 0 Å². The highest BCUT2D eigenvalue weighted by Crippen LogP contribution is 2.38. The van der Waals surface area contributed by atoms with E-state index in [4.69, 9.17) is 0 Å². The maximum Gasteiger partial charge on any atom is 0.0263 e. The molecule has 0 N–H and O–H groups in total. The summed E-state index contributed by atoms with van der Waals surface area (Å²) in [4.78, 5) is 4.08. The van der Waals surface area contributed by atoms with Gasteiger partial charge in [-0.2, -0.15) is 0 Å². The molecule has 1 atom stereocenters. The molecule has 0 amide bonds. The van der Waals surface area contributed by atoms with E-state index in [9.17, 15) is 0 Å². The Morgan fingerprint density at radius 1 is 0.895 bits per heavy atom. The molecule has 0 aliphatic carbocycles. The second-order valence-corrected chi connectivity index (χ2v) is 6.83. The van der Waals surface area contributed by atoms with E-state index in [2.05, 4.69) is 65.2 Å². The maximum atomic E-state index is 2.59. The number of rotatable bonds is 2. The zero-order valence-corrected chi connectivity index (χ0v) is 11.7. The van der Waals surface area contributed by atoms with E-state index in [1.54, 1.807) is 0 Å². The molecule has 2 aromatic rings. The van der Waals surface area contributed by atoms with E-state index < -0.39 is 0 Å². The summed E-state index contributed by atoms with van der Waals surface area (Å²) in [6.45, 7) is 3.46. The topological polar surface area (TPSA) is 3.24 Å². The highest BCUT2D eigenvalue weighted by atomic mass is 32.2.